The Morgan fingerprint density at radius 2 is 2.00 bits per heavy atom. The molecule has 19 heavy (non-hydrogen) atoms. The lowest BCUT2D eigenvalue weighted by Gasteiger charge is -2.34. The fraction of sp³-hybridized carbons (Fsp3) is 0.625. The number of anilines is 1. The van der Waals surface area contributed by atoms with Crippen molar-refractivity contribution in [3.05, 3.63) is 28.2 Å². The molecule has 1 N–H and O–H groups in total. The average molecular weight is 325 g/mol. The molecule has 1 aliphatic heterocycles. The van der Waals surface area contributed by atoms with Crippen molar-refractivity contribution in [3.8, 4) is 0 Å². The third-order valence-electron chi connectivity index (χ3n) is 4.15. The minimum absolute atomic E-state index is 0.931. The summed E-state index contributed by atoms with van der Waals surface area (Å²) >= 11 is 3.61. The Hall–Kier alpha value is -0.540. The van der Waals surface area contributed by atoms with Crippen LogP contribution >= 0.6 is 15.9 Å². The standard InChI is InChI=1S/C16H25BrN2/c1-3-13-7-9-19(10-8-13)16-11-15(17)6-5-14(16)12-18-4-2/h5-6,11,13,18H,3-4,7-10,12H2,1-2H3. The summed E-state index contributed by atoms with van der Waals surface area (Å²) < 4.78 is 1.18. The zero-order valence-electron chi connectivity index (χ0n) is 12.1. The Morgan fingerprint density at radius 1 is 1.26 bits per heavy atom. The summed E-state index contributed by atoms with van der Waals surface area (Å²) in [6.07, 6.45) is 4.00. The highest BCUT2D eigenvalue weighted by molar-refractivity contribution is 9.10. The molecule has 1 aliphatic rings. The van der Waals surface area contributed by atoms with Crippen molar-refractivity contribution in [2.45, 2.75) is 39.7 Å². The molecular weight excluding hydrogens is 300 g/mol. The number of nitrogens with one attached hydrogen (secondary N) is 1. The van der Waals surface area contributed by atoms with E-state index in [1.165, 1.54) is 48.1 Å². The molecule has 106 valence electrons. The van der Waals surface area contributed by atoms with Gasteiger partial charge < -0.3 is 10.2 Å². The van der Waals surface area contributed by atoms with Gasteiger partial charge in [0.2, 0.25) is 0 Å². The van der Waals surface area contributed by atoms with E-state index in [1.54, 1.807) is 0 Å². The van der Waals surface area contributed by atoms with Crippen LogP contribution in [0.2, 0.25) is 0 Å². The van der Waals surface area contributed by atoms with Gasteiger partial charge in [0.1, 0.15) is 0 Å². The summed E-state index contributed by atoms with van der Waals surface area (Å²) in [6, 6.07) is 6.67. The molecule has 0 saturated carbocycles. The van der Waals surface area contributed by atoms with Crippen LogP contribution in [0.15, 0.2) is 22.7 Å². The second-order valence-corrected chi connectivity index (χ2v) is 6.31. The van der Waals surface area contributed by atoms with Gasteiger partial charge in [-0.05, 0) is 43.0 Å². The number of halogens is 1. The molecule has 1 aromatic rings. The molecule has 0 aliphatic carbocycles. The number of nitrogens with zero attached hydrogens (tertiary/aromatic N) is 1. The van der Waals surface area contributed by atoms with Crippen LogP contribution in [0.4, 0.5) is 5.69 Å². The Bertz CT molecular complexity index is 398. The van der Waals surface area contributed by atoms with Crippen molar-refractivity contribution in [1.29, 1.82) is 0 Å². The third kappa shape index (κ3) is 3.96. The molecular formula is C16H25BrN2. The molecule has 0 bridgehead atoms. The summed E-state index contributed by atoms with van der Waals surface area (Å²) in [6.45, 7) is 8.86. The van der Waals surface area contributed by atoms with E-state index in [0.29, 0.717) is 0 Å². The van der Waals surface area contributed by atoms with Crippen LogP contribution in [0.3, 0.4) is 0 Å². The first kappa shape index (κ1) is 14.9. The van der Waals surface area contributed by atoms with Gasteiger partial charge in [-0.3, -0.25) is 0 Å². The van der Waals surface area contributed by atoms with Gasteiger partial charge >= 0.3 is 0 Å². The molecule has 1 fully saturated rings. The van der Waals surface area contributed by atoms with Crippen LogP contribution in [0.1, 0.15) is 38.7 Å². The van der Waals surface area contributed by atoms with Gasteiger partial charge in [0.25, 0.3) is 0 Å². The molecule has 0 spiro atoms. The lowest BCUT2D eigenvalue weighted by molar-refractivity contribution is 0.394. The van der Waals surface area contributed by atoms with Crippen molar-refractivity contribution < 1.29 is 0 Å². The second-order valence-electron chi connectivity index (χ2n) is 5.39. The van der Waals surface area contributed by atoms with Crippen molar-refractivity contribution >= 4 is 21.6 Å². The maximum absolute atomic E-state index is 3.61. The highest BCUT2D eigenvalue weighted by Gasteiger charge is 2.19. The summed E-state index contributed by atoms with van der Waals surface area (Å²) in [5.74, 6) is 0.931. The first-order valence-electron chi connectivity index (χ1n) is 7.48. The highest BCUT2D eigenvalue weighted by atomic mass is 79.9. The average Bonchev–Trinajstić information content (AvgIpc) is 2.46. The smallest absolute Gasteiger partial charge is 0.0423 e. The quantitative estimate of drug-likeness (QED) is 0.873. The lowest BCUT2D eigenvalue weighted by atomic mass is 9.94. The monoisotopic (exact) mass is 324 g/mol. The molecule has 2 rings (SSSR count). The molecule has 0 radical (unpaired) electrons. The van der Waals surface area contributed by atoms with Gasteiger partial charge in [0.05, 0.1) is 0 Å². The van der Waals surface area contributed by atoms with Gasteiger partial charge in [-0.15, -0.1) is 0 Å². The Labute approximate surface area is 125 Å². The maximum Gasteiger partial charge on any atom is 0.0423 e. The minimum Gasteiger partial charge on any atom is -0.371 e. The van der Waals surface area contributed by atoms with Crippen LogP contribution in [-0.2, 0) is 6.54 Å². The SMILES string of the molecule is CCNCc1ccc(Br)cc1N1CCC(CC)CC1. The fourth-order valence-corrected chi connectivity index (χ4v) is 3.17. The van der Waals surface area contributed by atoms with E-state index >= 15 is 0 Å². The normalized spacial score (nSPS) is 16.9. The van der Waals surface area contributed by atoms with Crippen LogP contribution in [0.25, 0.3) is 0 Å². The van der Waals surface area contributed by atoms with Crippen LogP contribution in [0.5, 0.6) is 0 Å². The van der Waals surface area contributed by atoms with Gasteiger partial charge in [0.15, 0.2) is 0 Å². The van der Waals surface area contributed by atoms with Crippen molar-refractivity contribution in [2.24, 2.45) is 5.92 Å². The first-order valence-corrected chi connectivity index (χ1v) is 8.28. The molecule has 1 aromatic carbocycles. The summed E-state index contributed by atoms with van der Waals surface area (Å²) in [5, 5.41) is 3.44. The number of hydrogen-bond acceptors (Lipinski definition) is 2. The summed E-state index contributed by atoms with van der Waals surface area (Å²) in [7, 11) is 0. The number of benzene rings is 1. The highest BCUT2D eigenvalue weighted by Crippen LogP contribution is 2.30. The minimum atomic E-state index is 0.931. The zero-order valence-corrected chi connectivity index (χ0v) is 13.7. The Morgan fingerprint density at radius 3 is 2.63 bits per heavy atom. The van der Waals surface area contributed by atoms with Crippen molar-refractivity contribution in [3.63, 3.8) is 0 Å². The van der Waals surface area contributed by atoms with E-state index in [0.717, 1.165) is 19.0 Å². The number of piperidine rings is 1. The summed E-state index contributed by atoms with van der Waals surface area (Å²) in [4.78, 5) is 2.56. The molecule has 1 saturated heterocycles. The predicted molar refractivity (Wildman–Crippen MR) is 86.8 cm³/mol. The van der Waals surface area contributed by atoms with Gasteiger partial charge in [0, 0.05) is 29.8 Å². The molecule has 2 nitrogen and oxygen atoms in total. The third-order valence-corrected chi connectivity index (χ3v) is 4.64. The van der Waals surface area contributed by atoms with E-state index < -0.39 is 0 Å². The van der Waals surface area contributed by atoms with Gasteiger partial charge in [-0.25, -0.2) is 0 Å². The Kier molecular flexibility index (Phi) is 5.71. The van der Waals surface area contributed by atoms with E-state index in [4.69, 9.17) is 0 Å². The topological polar surface area (TPSA) is 15.3 Å². The second kappa shape index (κ2) is 7.30. The van der Waals surface area contributed by atoms with E-state index in [1.807, 2.05) is 0 Å². The van der Waals surface area contributed by atoms with Gasteiger partial charge in [-0.1, -0.05) is 42.3 Å². The van der Waals surface area contributed by atoms with Gasteiger partial charge in [-0.2, -0.15) is 0 Å². The molecule has 0 atom stereocenters. The predicted octanol–water partition coefficient (Wildman–Crippen LogP) is 4.19. The van der Waals surface area contributed by atoms with Crippen LogP contribution < -0.4 is 10.2 Å². The van der Waals surface area contributed by atoms with Crippen molar-refractivity contribution in [1.82, 2.24) is 5.32 Å². The maximum atomic E-state index is 3.61. The van der Waals surface area contributed by atoms with E-state index in [-0.39, 0.29) is 0 Å². The molecule has 1 heterocycles. The lowest BCUT2D eigenvalue weighted by Crippen LogP contribution is -2.34. The van der Waals surface area contributed by atoms with E-state index in [9.17, 15) is 0 Å². The van der Waals surface area contributed by atoms with E-state index in [2.05, 4.69) is 58.2 Å². The first-order chi connectivity index (χ1) is 9.24. The molecule has 0 unspecified atom stereocenters. The molecule has 0 aromatic heterocycles. The summed E-state index contributed by atoms with van der Waals surface area (Å²) in [5.41, 5.74) is 2.82. The fourth-order valence-electron chi connectivity index (χ4n) is 2.82. The van der Waals surface area contributed by atoms with Crippen molar-refractivity contribution in [2.75, 3.05) is 24.5 Å². The van der Waals surface area contributed by atoms with Crippen LogP contribution in [0, 0.1) is 5.92 Å². The largest absolute Gasteiger partial charge is 0.371 e. The number of hydrogen-bond donors (Lipinski definition) is 1. The Balaban J connectivity index is 2.11. The molecule has 3 heteroatoms. The zero-order chi connectivity index (χ0) is 13.7. The number of rotatable bonds is 5. The molecule has 0 amide bonds. The van der Waals surface area contributed by atoms with Crippen LogP contribution in [-0.4, -0.2) is 19.6 Å².